The molecule has 3 fully saturated rings. The molecule has 0 atom stereocenters. The average molecular weight is 479 g/mol. The van der Waals surface area contributed by atoms with Crippen LogP contribution in [-0.2, 0) is 14.6 Å². The monoisotopic (exact) mass is 478 g/mol. The van der Waals surface area contributed by atoms with Gasteiger partial charge in [0.25, 0.3) is 0 Å². The molecular weight excluding hydrogens is 444 g/mol. The summed E-state index contributed by atoms with van der Waals surface area (Å²) in [5, 5.41) is 4.17. The van der Waals surface area contributed by atoms with Crippen molar-refractivity contribution >= 4 is 38.8 Å². The summed E-state index contributed by atoms with van der Waals surface area (Å²) in [6, 6.07) is 6.38. The second-order valence-electron chi connectivity index (χ2n) is 9.79. The Balaban J connectivity index is 1.25. The van der Waals surface area contributed by atoms with Crippen molar-refractivity contribution in [3.05, 3.63) is 29.3 Å². The lowest BCUT2D eigenvalue weighted by atomic mass is 9.78. The molecule has 0 unspecified atom stereocenters. The van der Waals surface area contributed by atoms with Crippen LogP contribution in [0.5, 0.6) is 0 Å². The minimum absolute atomic E-state index is 0.135. The van der Waals surface area contributed by atoms with Crippen LogP contribution in [-0.4, -0.2) is 91.5 Å². The minimum atomic E-state index is -2.92. The van der Waals surface area contributed by atoms with E-state index in [2.05, 4.69) is 42.3 Å². The molecule has 1 spiro atoms. The van der Waals surface area contributed by atoms with Crippen LogP contribution in [0.15, 0.2) is 18.2 Å². The molecule has 1 aromatic carbocycles. The number of carbonyl (C=O) groups excluding carboxylic acids is 1. The van der Waals surface area contributed by atoms with Gasteiger partial charge in [-0.1, -0.05) is 6.07 Å². The molecule has 0 radical (unpaired) electrons. The Bertz CT molecular complexity index is 953. The number of likely N-dealkylation sites (tertiary alicyclic amines) is 2. The summed E-state index contributed by atoms with van der Waals surface area (Å²) in [5.41, 5.74) is 3.66. The summed E-state index contributed by atoms with van der Waals surface area (Å²) in [7, 11) is -2.92. The lowest BCUT2D eigenvalue weighted by Gasteiger charge is -2.40. The third-order valence-electron chi connectivity index (χ3n) is 7.17. The van der Waals surface area contributed by atoms with Crippen LogP contribution < -0.4 is 5.32 Å². The smallest absolute Gasteiger partial charge is 0.236 e. The van der Waals surface area contributed by atoms with Crippen molar-refractivity contribution in [3.63, 3.8) is 0 Å². The van der Waals surface area contributed by atoms with Gasteiger partial charge in [0.1, 0.15) is 0 Å². The molecular formula is C23H34N4O3S2. The van der Waals surface area contributed by atoms with E-state index < -0.39 is 9.84 Å². The van der Waals surface area contributed by atoms with Crippen molar-refractivity contribution in [2.45, 2.75) is 33.1 Å². The van der Waals surface area contributed by atoms with Crippen molar-refractivity contribution < 1.29 is 13.2 Å². The number of thiocarbonyl (C=S) groups is 1. The van der Waals surface area contributed by atoms with Gasteiger partial charge < -0.3 is 15.1 Å². The van der Waals surface area contributed by atoms with E-state index in [0.717, 1.165) is 56.2 Å². The van der Waals surface area contributed by atoms with E-state index >= 15 is 0 Å². The van der Waals surface area contributed by atoms with E-state index in [1.54, 1.807) is 0 Å². The fourth-order valence-electron chi connectivity index (χ4n) is 5.19. The summed E-state index contributed by atoms with van der Waals surface area (Å²) in [6.07, 6.45) is 3.11. The van der Waals surface area contributed by atoms with Gasteiger partial charge in [-0.3, -0.25) is 9.69 Å². The first kappa shape index (κ1) is 23.4. The summed E-state index contributed by atoms with van der Waals surface area (Å²) < 4.78 is 23.2. The van der Waals surface area contributed by atoms with Crippen molar-refractivity contribution in [3.8, 4) is 0 Å². The van der Waals surface area contributed by atoms with Crippen LogP contribution in [0.1, 0.15) is 30.4 Å². The molecule has 3 aliphatic rings. The number of nitrogens with one attached hydrogen (secondary N) is 1. The second-order valence-corrected chi connectivity index (χ2v) is 12.5. The number of rotatable bonds is 3. The van der Waals surface area contributed by atoms with E-state index in [0.29, 0.717) is 19.6 Å². The Morgan fingerprint density at radius 1 is 0.969 bits per heavy atom. The van der Waals surface area contributed by atoms with Gasteiger partial charge in [0.15, 0.2) is 14.9 Å². The zero-order chi connectivity index (χ0) is 22.9. The van der Waals surface area contributed by atoms with Gasteiger partial charge in [0, 0.05) is 45.0 Å². The van der Waals surface area contributed by atoms with Gasteiger partial charge in [-0.2, -0.15) is 0 Å². The first-order valence-electron chi connectivity index (χ1n) is 11.5. The highest BCUT2D eigenvalue weighted by Gasteiger charge is 2.42. The zero-order valence-corrected chi connectivity index (χ0v) is 20.7. The summed E-state index contributed by atoms with van der Waals surface area (Å²) in [4.78, 5) is 19.0. The molecule has 3 heterocycles. The normalized spacial score (nSPS) is 22.8. The van der Waals surface area contributed by atoms with Crippen molar-refractivity contribution in [1.82, 2.24) is 14.7 Å². The number of piperidine rings is 1. The molecule has 3 saturated heterocycles. The Morgan fingerprint density at radius 2 is 1.53 bits per heavy atom. The number of nitrogens with zero attached hydrogens (tertiary/aromatic N) is 3. The molecule has 1 aromatic rings. The van der Waals surface area contributed by atoms with Crippen LogP contribution in [0, 0.1) is 19.3 Å². The third kappa shape index (κ3) is 5.61. The number of sulfone groups is 1. The number of carbonyl (C=O) groups is 1. The standard InChI is InChI=1S/C23H34N4O3S2/c1-18-13-19(2)15-20(14-18)24-22(31)26-6-3-23(4-7-26)5-8-27(17-23)21(28)16-25-9-11-32(29,30)12-10-25/h13-15H,3-12,16-17H2,1-2H3,(H,24,31). The van der Waals surface area contributed by atoms with Crippen molar-refractivity contribution in [2.75, 3.05) is 62.6 Å². The summed E-state index contributed by atoms with van der Waals surface area (Å²) in [6.45, 7) is 8.87. The predicted molar refractivity (Wildman–Crippen MR) is 132 cm³/mol. The number of benzene rings is 1. The fourth-order valence-corrected chi connectivity index (χ4v) is 6.77. The van der Waals surface area contributed by atoms with Gasteiger partial charge in [0.2, 0.25) is 5.91 Å². The number of hydrogen-bond acceptors (Lipinski definition) is 5. The number of aryl methyl sites for hydroxylation is 2. The lowest BCUT2D eigenvalue weighted by Crippen LogP contribution is -2.48. The first-order chi connectivity index (χ1) is 15.1. The van der Waals surface area contributed by atoms with Gasteiger partial charge in [-0.25, -0.2) is 8.42 Å². The summed E-state index contributed by atoms with van der Waals surface area (Å²) >= 11 is 5.68. The lowest BCUT2D eigenvalue weighted by molar-refractivity contribution is -0.131. The Labute approximate surface area is 197 Å². The number of hydrogen-bond donors (Lipinski definition) is 1. The average Bonchev–Trinajstić information content (AvgIpc) is 3.13. The van der Waals surface area contributed by atoms with Crippen LogP contribution in [0.25, 0.3) is 0 Å². The van der Waals surface area contributed by atoms with Crippen molar-refractivity contribution in [1.29, 1.82) is 0 Å². The molecule has 0 saturated carbocycles. The Hall–Kier alpha value is -1.71. The van der Waals surface area contributed by atoms with Crippen LogP contribution in [0.3, 0.4) is 0 Å². The molecule has 0 aromatic heterocycles. The van der Waals surface area contributed by atoms with E-state index in [9.17, 15) is 13.2 Å². The summed E-state index contributed by atoms with van der Waals surface area (Å²) in [5.74, 6) is 0.460. The molecule has 7 nitrogen and oxygen atoms in total. The van der Waals surface area contributed by atoms with Gasteiger partial charge >= 0.3 is 0 Å². The van der Waals surface area contributed by atoms with Crippen LogP contribution >= 0.6 is 12.2 Å². The van der Waals surface area contributed by atoms with Crippen LogP contribution in [0.2, 0.25) is 0 Å². The van der Waals surface area contributed by atoms with E-state index in [-0.39, 0.29) is 22.8 Å². The van der Waals surface area contributed by atoms with E-state index in [1.807, 2.05) is 9.80 Å². The molecule has 3 aliphatic heterocycles. The fraction of sp³-hybridized carbons (Fsp3) is 0.652. The maximum atomic E-state index is 12.8. The van der Waals surface area contributed by atoms with E-state index in [1.165, 1.54) is 11.1 Å². The quantitative estimate of drug-likeness (QED) is 0.667. The molecule has 4 rings (SSSR count). The van der Waals surface area contributed by atoms with Crippen molar-refractivity contribution in [2.24, 2.45) is 5.41 Å². The molecule has 32 heavy (non-hydrogen) atoms. The largest absolute Gasteiger partial charge is 0.349 e. The molecule has 176 valence electrons. The maximum absolute atomic E-state index is 12.8. The van der Waals surface area contributed by atoms with Crippen LogP contribution in [0.4, 0.5) is 5.69 Å². The topological polar surface area (TPSA) is 73.0 Å². The first-order valence-corrected chi connectivity index (χ1v) is 13.7. The Morgan fingerprint density at radius 3 is 2.12 bits per heavy atom. The highest BCUT2D eigenvalue weighted by atomic mass is 32.2. The maximum Gasteiger partial charge on any atom is 0.236 e. The molecule has 1 N–H and O–H groups in total. The van der Waals surface area contributed by atoms with Gasteiger partial charge in [-0.15, -0.1) is 0 Å². The Kier molecular flexibility index (Phi) is 6.79. The second kappa shape index (κ2) is 9.27. The third-order valence-corrected chi connectivity index (χ3v) is 9.14. The SMILES string of the molecule is Cc1cc(C)cc(NC(=S)N2CCC3(CCN(C(=O)CN4CCS(=O)(=O)CC4)C3)CC2)c1. The molecule has 1 amide bonds. The van der Waals surface area contributed by atoms with E-state index in [4.69, 9.17) is 12.2 Å². The molecule has 9 heteroatoms. The predicted octanol–water partition coefficient (Wildman–Crippen LogP) is 2.05. The van der Waals surface area contributed by atoms with Gasteiger partial charge in [-0.05, 0) is 74.0 Å². The highest BCUT2D eigenvalue weighted by Crippen LogP contribution is 2.40. The highest BCUT2D eigenvalue weighted by molar-refractivity contribution is 7.91. The minimum Gasteiger partial charge on any atom is -0.349 e. The molecule has 0 bridgehead atoms. The number of anilines is 1. The number of amides is 1. The molecule has 0 aliphatic carbocycles. The van der Waals surface area contributed by atoms with Gasteiger partial charge in [0.05, 0.1) is 18.1 Å². The zero-order valence-electron chi connectivity index (χ0n) is 19.1.